The summed E-state index contributed by atoms with van der Waals surface area (Å²) in [6.45, 7) is 0. The lowest BCUT2D eigenvalue weighted by atomic mass is 9.84. The number of hydrogen-bond acceptors (Lipinski definition) is 2. The van der Waals surface area contributed by atoms with Crippen LogP contribution in [0.15, 0.2) is 195 Å². The molecule has 1 aromatic heterocycles. The fraction of sp³-hybridized carbons (Fsp3) is 0. The van der Waals surface area contributed by atoms with Crippen molar-refractivity contribution in [2.24, 2.45) is 0 Å². The van der Waals surface area contributed by atoms with Crippen molar-refractivity contribution in [3.63, 3.8) is 0 Å². The Labute approximate surface area is 302 Å². The smallest absolute Gasteiger partial charge is 0.116 e. The quantitative estimate of drug-likeness (QED) is 0.172. The molecule has 0 N–H and O–H groups in total. The van der Waals surface area contributed by atoms with Crippen molar-refractivity contribution in [1.29, 1.82) is 0 Å². The standard InChI is InChI=1S/C50H32N2/c1-3-13-33(14-4-1)37-27-28-44-45(31-37)49(34-15-5-2-6-16-34)39-18-8-7-17-38(39)48(44)36-25-23-35(24-26-36)47-40-19-9-11-21-42(40)50(46-29-30-51-32-52-46)43-22-12-10-20-41(43)47/h1-32H. The van der Waals surface area contributed by atoms with Gasteiger partial charge < -0.3 is 0 Å². The van der Waals surface area contributed by atoms with Crippen molar-refractivity contribution < 1.29 is 0 Å². The van der Waals surface area contributed by atoms with Gasteiger partial charge in [-0.3, -0.25) is 0 Å². The van der Waals surface area contributed by atoms with Crippen molar-refractivity contribution in [2.75, 3.05) is 0 Å². The second-order valence-electron chi connectivity index (χ2n) is 13.3. The Morgan fingerprint density at radius 1 is 0.269 bits per heavy atom. The van der Waals surface area contributed by atoms with Gasteiger partial charge in [0.25, 0.3) is 0 Å². The van der Waals surface area contributed by atoms with Gasteiger partial charge in [-0.2, -0.15) is 0 Å². The highest BCUT2D eigenvalue weighted by Crippen LogP contribution is 2.47. The fourth-order valence-electron chi connectivity index (χ4n) is 8.17. The van der Waals surface area contributed by atoms with Crippen molar-refractivity contribution >= 4 is 43.1 Å². The lowest BCUT2D eigenvalue weighted by Crippen LogP contribution is -1.93. The molecule has 52 heavy (non-hydrogen) atoms. The molecule has 0 atom stereocenters. The Bertz CT molecular complexity index is 2860. The molecule has 0 spiro atoms. The molecule has 0 fully saturated rings. The largest absolute Gasteiger partial charge is 0.245 e. The molecule has 0 radical (unpaired) electrons. The van der Waals surface area contributed by atoms with Crippen LogP contribution in [-0.2, 0) is 0 Å². The summed E-state index contributed by atoms with van der Waals surface area (Å²) in [4.78, 5) is 8.88. The summed E-state index contributed by atoms with van der Waals surface area (Å²) in [5.74, 6) is 0. The molecular weight excluding hydrogens is 629 g/mol. The minimum atomic E-state index is 0.928. The normalized spacial score (nSPS) is 11.5. The van der Waals surface area contributed by atoms with Gasteiger partial charge in [0, 0.05) is 11.8 Å². The summed E-state index contributed by atoms with van der Waals surface area (Å²) < 4.78 is 0. The highest BCUT2D eigenvalue weighted by molar-refractivity contribution is 6.23. The van der Waals surface area contributed by atoms with Crippen molar-refractivity contribution in [1.82, 2.24) is 9.97 Å². The van der Waals surface area contributed by atoms with Gasteiger partial charge in [-0.05, 0) is 99.7 Å². The van der Waals surface area contributed by atoms with Gasteiger partial charge in [-0.15, -0.1) is 0 Å². The highest BCUT2D eigenvalue weighted by atomic mass is 14.8. The zero-order valence-corrected chi connectivity index (χ0v) is 28.4. The maximum Gasteiger partial charge on any atom is 0.116 e. The molecule has 0 aliphatic rings. The number of hydrogen-bond donors (Lipinski definition) is 0. The van der Waals surface area contributed by atoms with Crippen LogP contribution in [0, 0.1) is 0 Å². The Hall–Kier alpha value is -6.90. The van der Waals surface area contributed by atoms with E-state index in [4.69, 9.17) is 0 Å². The number of nitrogens with zero attached hydrogens (tertiary/aromatic N) is 2. The number of aromatic nitrogens is 2. The van der Waals surface area contributed by atoms with Gasteiger partial charge in [0.2, 0.25) is 0 Å². The lowest BCUT2D eigenvalue weighted by molar-refractivity contribution is 1.18. The Morgan fingerprint density at radius 2 is 0.654 bits per heavy atom. The van der Waals surface area contributed by atoms with Gasteiger partial charge in [0.05, 0.1) is 5.69 Å². The van der Waals surface area contributed by atoms with Gasteiger partial charge in [-0.1, -0.05) is 170 Å². The third kappa shape index (κ3) is 4.88. The predicted octanol–water partition coefficient (Wildman–Crippen LogP) is 13.4. The van der Waals surface area contributed by atoms with Gasteiger partial charge in [0.15, 0.2) is 0 Å². The van der Waals surface area contributed by atoms with E-state index in [2.05, 4.69) is 186 Å². The molecule has 2 nitrogen and oxygen atoms in total. The van der Waals surface area contributed by atoms with Crippen molar-refractivity contribution in [3.8, 4) is 55.8 Å². The van der Waals surface area contributed by atoms with Crippen LogP contribution < -0.4 is 0 Å². The van der Waals surface area contributed by atoms with E-state index in [0.717, 1.165) is 11.3 Å². The highest BCUT2D eigenvalue weighted by Gasteiger charge is 2.20. The van der Waals surface area contributed by atoms with Gasteiger partial charge >= 0.3 is 0 Å². The van der Waals surface area contributed by atoms with Crippen molar-refractivity contribution in [2.45, 2.75) is 0 Å². The monoisotopic (exact) mass is 660 g/mol. The summed E-state index contributed by atoms with van der Waals surface area (Å²) >= 11 is 0. The number of rotatable bonds is 5. The van der Waals surface area contributed by atoms with E-state index in [-0.39, 0.29) is 0 Å². The van der Waals surface area contributed by atoms with Crippen LogP contribution in [0.5, 0.6) is 0 Å². The summed E-state index contributed by atoms with van der Waals surface area (Å²) in [5, 5.41) is 9.78. The van der Waals surface area contributed by atoms with Gasteiger partial charge in [-0.25, -0.2) is 9.97 Å². The third-order valence-electron chi connectivity index (χ3n) is 10.4. The van der Waals surface area contributed by atoms with Crippen LogP contribution in [0.4, 0.5) is 0 Å². The Kier molecular flexibility index (Phi) is 7.18. The molecule has 0 saturated carbocycles. The minimum absolute atomic E-state index is 0.928. The molecule has 0 aliphatic heterocycles. The average Bonchev–Trinajstić information content (AvgIpc) is 3.22. The molecule has 0 bridgehead atoms. The zero-order chi connectivity index (χ0) is 34.4. The van der Waals surface area contributed by atoms with Crippen LogP contribution in [0.1, 0.15) is 0 Å². The minimum Gasteiger partial charge on any atom is -0.245 e. The van der Waals surface area contributed by atoms with E-state index in [1.54, 1.807) is 6.33 Å². The lowest BCUT2D eigenvalue weighted by Gasteiger charge is -2.19. The molecule has 9 aromatic carbocycles. The molecule has 10 aromatic rings. The number of benzene rings is 9. The van der Waals surface area contributed by atoms with E-state index in [1.165, 1.54) is 87.6 Å². The second kappa shape index (κ2) is 12.5. The molecule has 0 saturated heterocycles. The van der Waals surface area contributed by atoms with Crippen LogP contribution in [-0.4, -0.2) is 9.97 Å². The Morgan fingerprint density at radius 3 is 1.13 bits per heavy atom. The molecular formula is C50H32N2. The van der Waals surface area contributed by atoms with E-state index in [1.807, 2.05) is 12.3 Å². The Balaban J connectivity index is 1.21. The maximum absolute atomic E-state index is 4.68. The van der Waals surface area contributed by atoms with Gasteiger partial charge in [0.1, 0.15) is 6.33 Å². The summed E-state index contributed by atoms with van der Waals surface area (Å²) in [7, 11) is 0. The topological polar surface area (TPSA) is 25.8 Å². The van der Waals surface area contributed by atoms with Crippen molar-refractivity contribution in [3.05, 3.63) is 195 Å². The first kappa shape index (κ1) is 30.0. The first-order valence-electron chi connectivity index (χ1n) is 17.7. The van der Waals surface area contributed by atoms with E-state index < -0.39 is 0 Å². The predicted molar refractivity (Wildman–Crippen MR) is 219 cm³/mol. The molecule has 0 amide bonds. The first-order chi connectivity index (χ1) is 25.8. The van der Waals surface area contributed by atoms with E-state index in [9.17, 15) is 0 Å². The third-order valence-corrected chi connectivity index (χ3v) is 10.4. The van der Waals surface area contributed by atoms with E-state index >= 15 is 0 Å². The summed E-state index contributed by atoms with van der Waals surface area (Å²) in [6, 6.07) is 66.0. The SMILES string of the molecule is c1ccc(-c2ccc3c(-c4ccc(-c5c6ccccc6c(-c6ccncn6)c6ccccc56)cc4)c4ccccc4c(-c4ccccc4)c3c2)cc1. The van der Waals surface area contributed by atoms with Crippen LogP contribution in [0.25, 0.3) is 98.9 Å². The average molecular weight is 661 g/mol. The molecule has 2 heteroatoms. The first-order valence-corrected chi connectivity index (χ1v) is 17.7. The molecule has 242 valence electrons. The fourth-order valence-corrected chi connectivity index (χ4v) is 8.17. The maximum atomic E-state index is 4.68. The molecule has 1 heterocycles. The van der Waals surface area contributed by atoms with Crippen LogP contribution >= 0.6 is 0 Å². The van der Waals surface area contributed by atoms with Crippen LogP contribution in [0.2, 0.25) is 0 Å². The number of fused-ring (bicyclic) bond motifs is 4. The van der Waals surface area contributed by atoms with Crippen LogP contribution in [0.3, 0.4) is 0 Å². The molecule has 0 unspecified atom stereocenters. The molecule has 0 aliphatic carbocycles. The summed E-state index contributed by atoms with van der Waals surface area (Å²) in [6.07, 6.45) is 3.45. The second-order valence-corrected chi connectivity index (χ2v) is 13.3. The zero-order valence-electron chi connectivity index (χ0n) is 28.4. The molecule has 10 rings (SSSR count). The van der Waals surface area contributed by atoms with E-state index in [0.29, 0.717) is 0 Å². The summed E-state index contributed by atoms with van der Waals surface area (Å²) in [5.41, 5.74) is 11.9.